The first-order valence-electron chi connectivity index (χ1n) is 11.1. The van der Waals surface area contributed by atoms with Crippen LogP contribution in [0.2, 0.25) is 0 Å². The van der Waals surface area contributed by atoms with E-state index in [4.69, 9.17) is 14.2 Å². The molecule has 2 amide bonds. The molecule has 1 unspecified atom stereocenters. The summed E-state index contributed by atoms with van der Waals surface area (Å²) in [5.74, 6) is 0.126. The Bertz CT molecular complexity index is 1210. The van der Waals surface area contributed by atoms with E-state index >= 15 is 0 Å². The Morgan fingerprint density at radius 2 is 1.74 bits per heavy atom. The number of anilines is 2. The van der Waals surface area contributed by atoms with E-state index in [1.165, 1.54) is 16.4 Å². The van der Waals surface area contributed by atoms with Gasteiger partial charge in [0, 0.05) is 43.5 Å². The number of nitrogens with one attached hydrogen (secondary N) is 1. The molecule has 0 bridgehead atoms. The van der Waals surface area contributed by atoms with Crippen molar-refractivity contribution in [3.05, 3.63) is 42.5 Å². The number of fused-ring (bicyclic) bond motifs is 1. The van der Waals surface area contributed by atoms with Gasteiger partial charge < -0.3 is 24.4 Å². The van der Waals surface area contributed by atoms with Crippen molar-refractivity contribution in [1.29, 1.82) is 0 Å². The summed E-state index contributed by atoms with van der Waals surface area (Å²) in [6.45, 7) is 2.42. The molecule has 180 valence electrons. The highest BCUT2D eigenvalue weighted by atomic mass is 32.2. The first-order chi connectivity index (χ1) is 16.4. The van der Waals surface area contributed by atoms with Crippen molar-refractivity contribution in [2.45, 2.75) is 11.3 Å². The Morgan fingerprint density at radius 1 is 0.971 bits per heavy atom. The molecule has 1 atom stereocenters. The molecule has 2 aromatic carbocycles. The second kappa shape index (κ2) is 9.24. The molecule has 0 aromatic heterocycles. The van der Waals surface area contributed by atoms with Crippen LogP contribution in [0, 0.1) is 5.92 Å². The Morgan fingerprint density at radius 3 is 2.53 bits per heavy atom. The fraction of sp³-hybridized carbons (Fsp3) is 0.391. The third-order valence-electron chi connectivity index (χ3n) is 6.04. The lowest BCUT2D eigenvalue weighted by atomic mass is 10.1. The van der Waals surface area contributed by atoms with Crippen LogP contribution >= 0.6 is 0 Å². The lowest BCUT2D eigenvalue weighted by Crippen LogP contribution is -2.40. The van der Waals surface area contributed by atoms with Gasteiger partial charge in [-0.15, -0.1) is 0 Å². The molecule has 3 aliphatic rings. The van der Waals surface area contributed by atoms with Gasteiger partial charge in [0.1, 0.15) is 13.2 Å². The number of nitrogens with zero attached hydrogens (tertiary/aromatic N) is 2. The van der Waals surface area contributed by atoms with E-state index in [9.17, 15) is 18.0 Å². The van der Waals surface area contributed by atoms with Crippen LogP contribution in [0.3, 0.4) is 0 Å². The summed E-state index contributed by atoms with van der Waals surface area (Å²) in [5.41, 5.74) is 1.01. The van der Waals surface area contributed by atoms with Crippen molar-refractivity contribution in [3.8, 4) is 11.5 Å². The molecule has 10 nitrogen and oxygen atoms in total. The molecule has 0 spiro atoms. The van der Waals surface area contributed by atoms with Crippen LogP contribution in [0.25, 0.3) is 0 Å². The molecule has 0 aliphatic carbocycles. The molecular weight excluding hydrogens is 462 g/mol. The predicted octanol–water partition coefficient (Wildman–Crippen LogP) is 1.47. The highest BCUT2D eigenvalue weighted by molar-refractivity contribution is 7.89. The maximum atomic E-state index is 12.9. The van der Waals surface area contributed by atoms with Gasteiger partial charge in [-0.2, -0.15) is 4.31 Å². The van der Waals surface area contributed by atoms with Crippen LogP contribution in [0.4, 0.5) is 11.4 Å². The SMILES string of the molecule is O=C(Nc1cccc(S(=O)(=O)N2CCOCC2)c1)C1CC(=O)N(c2ccc3c(c2)OCCO3)C1. The van der Waals surface area contributed by atoms with E-state index in [0.717, 1.165) is 0 Å². The molecule has 2 saturated heterocycles. The van der Waals surface area contributed by atoms with Crippen LogP contribution in [0.1, 0.15) is 6.42 Å². The average molecular weight is 488 g/mol. The van der Waals surface area contributed by atoms with Crippen molar-refractivity contribution >= 4 is 33.2 Å². The number of morpholine rings is 1. The number of ether oxygens (including phenoxy) is 3. The van der Waals surface area contributed by atoms with Crippen molar-refractivity contribution in [3.63, 3.8) is 0 Å². The molecule has 3 heterocycles. The number of carbonyl (C=O) groups is 2. The Balaban J connectivity index is 1.27. The van der Waals surface area contributed by atoms with Gasteiger partial charge in [0.05, 0.1) is 24.0 Å². The Kier molecular flexibility index (Phi) is 6.15. The van der Waals surface area contributed by atoms with Crippen molar-refractivity contribution in [1.82, 2.24) is 4.31 Å². The summed E-state index contributed by atoms with van der Waals surface area (Å²) >= 11 is 0. The average Bonchev–Trinajstić information content (AvgIpc) is 3.26. The van der Waals surface area contributed by atoms with E-state index in [2.05, 4.69) is 5.32 Å². The largest absolute Gasteiger partial charge is 0.486 e. The van der Waals surface area contributed by atoms with Crippen LogP contribution < -0.4 is 19.7 Å². The van der Waals surface area contributed by atoms with E-state index < -0.39 is 15.9 Å². The third kappa shape index (κ3) is 4.46. The van der Waals surface area contributed by atoms with E-state index in [1.54, 1.807) is 35.2 Å². The van der Waals surface area contributed by atoms with Crippen LogP contribution in [0.5, 0.6) is 11.5 Å². The Labute approximate surface area is 197 Å². The maximum absolute atomic E-state index is 12.9. The van der Waals surface area contributed by atoms with Crippen LogP contribution in [-0.4, -0.2) is 70.6 Å². The topological polar surface area (TPSA) is 114 Å². The molecule has 0 radical (unpaired) electrons. The normalized spacial score (nSPS) is 20.9. The zero-order valence-corrected chi connectivity index (χ0v) is 19.3. The van der Waals surface area contributed by atoms with Crippen molar-refractivity contribution in [2.24, 2.45) is 5.92 Å². The zero-order chi connectivity index (χ0) is 23.7. The fourth-order valence-corrected chi connectivity index (χ4v) is 5.70. The highest BCUT2D eigenvalue weighted by Crippen LogP contribution is 2.36. The predicted molar refractivity (Wildman–Crippen MR) is 123 cm³/mol. The van der Waals surface area contributed by atoms with Gasteiger partial charge in [0.15, 0.2) is 11.5 Å². The summed E-state index contributed by atoms with van der Waals surface area (Å²) in [7, 11) is -3.68. The molecule has 2 fully saturated rings. The molecule has 2 aromatic rings. The first-order valence-corrected chi connectivity index (χ1v) is 12.5. The summed E-state index contributed by atoms with van der Waals surface area (Å²) in [5, 5.41) is 2.77. The fourth-order valence-electron chi connectivity index (χ4n) is 4.25. The van der Waals surface area contributed by atoms with Gasteiger partial charge in [-0.1, -0.05) is 6.07 Å². The van der Waals surface area contributed by atoms with Gasteiger partial charge in [-0.05, 0) is 30.3 Å². The van der Waals surface area contributed by atoms with E-state index in [1.807, 2.05) is 0 Å². The summed E-state index contributed by atoms with van der Waals surface area (Å²) < 4.78 is 43.5. The van der Waals surface area contributed by atoms with Gasteiger partial charge in [-0.3, -0.25) is 9.59 Å². The van der Waals surface area contributed by atoms with Crippen molar-refractivity contribution < 1.29 is 32.2 Å². The zero-order valence-electron chi connectivity index (χ0n) is 18.4. The third-order valence-corrected chi connectivity index (χ3v) is 7.94. The number of carbonyl (C=O) groups excluding carboxylic acids is 2. The summed E-state index contributed by atoms with van der Waals surface area (Å²) in [6, 6.07) is 11.4. The number of amides is 2. The van der Waals surface area contributed by atoms with Crippen LogP contribution in [0.15, 0.2) is 47.4 Å². The molecule has 11 heteroatoms. The van der Waals surface area contributed by atoms with E-state index in [0.29, 0.717) is 62.4 Å². The molecule has 0 saturated carbocycles. The van der Waals surface area contributed by atoms with Gasteiger partial charge in [0.25, 0.3) is 0 Å². The minimum Gasteiger partial charge on any atom is -0.486 e. The summed E-state index contributed by atoms with van der Waals surface area (Å²) in [6.07, 6.45) is 0.0615. The minimum absolute atomic E-state index is 0.0615. The van der Waals surface area contributed by atoms with Gasteiger partial charge >= 0.3 is 0 Å². The number of rotatable bonds is 5. The minimum atomic E-state index is -3.68. The maximum Gasteiger partial charge on any atom is 0.243 e. The number of benzene rings is 2. The van der Waals surface area contributed by atoms with Crippen LogP contribution in [-0.2, 0) is 24.3 Å². The monoisotopic (exact) mass is 487 g/mol. The number of sulfonamides is 1. The molecular formula is C23H25N3O7S. The number of hydrogen-bond donors (Lipinski definition) is 1. The molecule has 34 heavy (non-hydrogen) atoms. The highest BCUT2D eigenvalue weighted by Gasteiger charge is 2.36. The van der Waals surface area contributed by atoms with Gasteiger partial charge in [-0.25, -0.2) is 8.42 Å². The smallest absolute Gasteiger partial charge is 0.243 e. The van der Waals surface area contributed by atoms with E-state index in [-0.39, 0.29) is 29.7 Å². The van der Waals surface area contributed by atoms with Gasteiger partial charge in [0.2, 0.25) is 21.8 Å². The Hall–Kier alpha value is -3.15. The number of hydrogen-bond acceptors (Lipinski definition) is 7. The quantitative estimate of drug-likeness (QED) is 0.679. The second-order valence-electron chi connectivity index (χ2n) is 8.27. The molecule has 5 rings (SSSR count). The standard InChI is InChI=1S/C23H25N3O7S/c27-22-12-16(15-26(22)18-4-5-20-21(14-18)33-11-10-32-20)23(28)24-17-2-1-3-19(13-17)34(29,30)25-6-8-31-9-7-25/h1-5,13-14,16H,6-12,15H2,(H,24,28). The first kappa shape index (κ1) is 22.6. The summed E-state index contributed by atoms with van der Waals surface area (Å²) in [4.78, 5) is 27.2. The second-order valence-corrected chi connectivity index (χ2v) is 10.2. The van der Waals surface area contributed by atoms with Crippen molar-refractivity contribution in [2.75, 3.05) is 56.3 Å². The molecule has 3 aliphatic heterocycles. The molecule has 1 N–H and O–H groups in total. The lowest BCUT2D eigenvalue weighted by Gasteiger charge is -2.26. The lowest BCUT2D eigenvalue weighted by molar-refractivity contribution is -0.122.